The van der Waals surface area contributed by atoms with Gasteiger partial charge in [-0.2, -0.15) is 0 Å². The van der Waals surface area contributed by atoms with Crippen molar-refractivity contribution < 1.29 is 9.59 Å². The van der Waals surface area contributed by atoms with E-state index < -0.39 is 0 Å². The average Bonchev–Trinajstić information content (AvgIpc) is 2.39. The van der Waals surface area contributed by atoms with Gasteiger partial charge in [0.25, 0.3) is 0 Å². The first-order valence-electron chi connectivity index (χ1n) is 7.60. The van der Waals surface area contributed by atoms with E-state index in [9.17, 15) is 9.59 Å². The third-order valence-electron chi connectivity index (χ3n) is 5.25. The Labute approximate surface area is 111 Å². The van der Waals surface area contributed by atoms with Crippen LogP contribution in [0.5, 0.6) is 0 Å². The fourth-order valence-electron chi connectivity index (χ4n) is 4.16. The standard InChI is InChI=1S/C16H26O2/c1-11(17)14-8-9-15(12(2)18)16(10-14)13-6-4-3-5-7-13/h13-16H,3-10H2,1-2H3. The van der Waals surface area contributed by atoms with Gasteiger partial charge in [0.1, 0.15) is 11.6 Å². The van der Waals surface area contributed by atoms with Gasteiger partial charge in [-0.15, -0.1) is 0 Å². The first-order valence-corrected chi connectivity index (χ1v) is 7.60. The van der Waals surface area contributed by atoms with Gasteiger partial charge in [-0.1, -0.05) is 32.1 Å². The van der Waals surface area contributed by atoms with Crippen LogP contribution in [0.15, 0.2) is 0 Å². The van der Waals surface area contributed by atoms with Crippen molar-refractivity contribution in [1.29, 1.82) is 0 Å². The van der Waals surface area contributed by atoms with Crippen LogP contribution >= 0.6 is 0 Å². The lowest BCUT2D eigenvalue weighted by Crippen LogP contribution is -2.37. The Morgan fingerprint density at radius 3 is 2.06 bits per heavy atom. The summed E-state index contributed by atoms with van der Waals surface area (Å²) in [5.41, 5.74) is 0. The zero-order valence-corrected chi connectivity index (χ0v) is 11.8. The monoisotopic (exact) mass is 250 g/mol. The molecule has 0 saturated heterocycles. The van der Waals surface area contributed by atoms with Gasteiger partial charge in [0.2, 0.25) is 0 Å². The summed E-state index contributed by atoms with van der Waals surface area (Å²) in [7, 11) is 0. The minimum Gasteiger partial charge on any atom is -0.300 e. The maximum absolute atomic E-state index is 11.8. The molecule has 0 bridgehead atoms. The van der Waals surface area contributed by atoms with E-state index in [0.29, 0.717) is 23.4 Å². The summed E-state index contributed by atoms with van der Waals surface area (Å²) in [6.07, 6.45) is 9.39. The maximum Gasteiger partial charge on any atom is 0.133 e. The van der Waals surface area contributed by atoms with Crippen molar-refractivity contribution in [1.82, 2.24) is 0 Å². The van der Waals surface area contributed by atoms with Gasteiger partial charge in [0.15, 0.2) is 0 Å². The number of carbonyl (C=O) groups excluding carboxylic acids is 2. The first-order chi connectivity index (χ1) is 8.59. The van der Waals surface area contributed by atoms with Gasteiger partial charge in [-0.3, -0.25) is 9.59 Å². The van der Waals surface area contributed by atoms with Crippen molar-refractivity contribution in [2.45, 2.75) is 65.2 Å². The van der Waals surface area contributed by atoms with Crippen molar-refractivity contribution in [3.05, 3.63) is 0 Å². The van der Waals surface area contributed by atoms with Crippen LogP contribution in [-0.2, 0) is 9.59 Å². The quantitative estimate of drug-likeness (QED) is 0.764. The molecule has 18 heavy (non-hydrogen) atoms. The molecule has 102 valence electrons. The Kier molecular flexibility index (Phi) is 4.58. The molecule has 2 heteroatoms. The summed E-state index contributed by atoms with van der Waals surface area (Å²) in [6, 6.07) is 0. The Balaban J connectivity index is 2.08. The summed E-state index contributed by atoms with van der Waals surface area (Å²) in [5.74, 6) is 2.35. The van der Waals surface area contributed by atoms with Crippen molar-refractivity contribution >= 4 is 11.6 Å². The minimum atomic E-state index is 0.229. The molecule has 2 nitrogen and oxygen atoms in total. The van der Waals surface area contributed by atoms with Crippen LogP contribution < -0.4 is 0 Å². The Morgan fingerprint density at radius 2 is 1.50 bits per heavy atom. The minimum absolute atomic E-state index is 0.229. The molecule has 0 aliphatic heterocycles. The molecule has 0 aromatic rings. The zero-order chi connectivity index (χ0) is 13.1. The Bertz CT molecular complexity index is 315. The van der Waals surface area contributed by atoms with E-state index in [4.69, 9.17) is 0 Å². The third-order valence-corrected chi connectivity index (χ3v) is 5.25. The summed E-state index contributed by atoms with van der Waals surface area (Å²) >= 11 is 0. The molecular weight excluding hydrogens is 224 g/mol. The highest BCUT2D eigenvalue weighted by Crippen LogP contribution is 2.44. The topological polar surface area (TPSA) is 34.1 Å². The van der Waals surface area contributed by atoms with Crippen LogP contribution in [0.25, 0.3) is 0 Å². The summed E-state index contributed by atoms with van der Waals surface area (Å²) in [4.78, 5) is 23.5. The fourth-order valence-corrected chi connectivity index (χ4v) is 4.16. The summed E-state index contributed by atoms with van der Waals surface area (Å²) < 4.78 is 0. The second kappa shape index (κ2) is 5.99. The number of hydrogen-bond acceptors (Lipinski definition) is 2. The van der Waals surface area contributed by atoms with Gasteiger partial charge in [0.05, 0.1) is 0 Å². The highest BCUT2D eigenvalue weighted by molar-refractivity contribution is 5.81. The van der Waals surface area contributed by atoms with Crippen molar-refractivity contribution in [2.24, 2.45) is 23.7 Å². The van der Waals surface area contributed by atoms with Gasteiger partial charge in [-0.05, 0) is 44.9 Å². The second-order valence-electron chi connectivity index (χ2n) is 6.40. The fraction of sp³-hybridized carbons (Fsp3) is 0.875. The molecule has 0 heterocycles. The van der Waals surface area contributed by atoms with Gasteiger partial charge in [-0.25, -0.2) is 0 Å². The molecule has 2 aliphatic rings. The maximum atomic E-state index is 11.8. The van der Waals surface area contributed by atoms with Gasteiger partial charge >= 0.3 is 0 Å². The Hall–Kier alpha value is -0.660. The molecule has 2 aliphatic carbocycles. The number of carbonyl (C=O) groups is 2. The van der Waals surface area contributed by atoms with Crippen LogP contribution in [0.2, 0.25) is 0 Å². The van der Waals surface area contributed by atoms with Crippen LogP contribution in [0.4, 0.5) is 0 Å². The summed E-state index contributed by atoms with van der Waals surface area (Å²) in [5, 5.41) is 0. The van der Waals surface area contributed by atoms with Gasteiger partial charge in [0, 0.05) is 11.8 Å². The number of ketones is 2. The summed E-state index contributed by atoms with van der Waals surface area (Å²) in [6.45, 7) is 3.46. The molecule has 3 unspecified atom stereocenters. The van der Waals surface area contributed by atoms with E-state index in [-0.39, 0.29) is 11.8 Å². The first kappa shape index (κ1) is 13.8. The molecule has 0 radical (unpaired) electrons. The van der Waals surface area contributed by atoms with E-state index >= 15 is 0 Å². The molecule has 0 aromatic carbocycles. The zero-order valence-electron chi connectivity index (χ0n) is 11.8. The van der Waals surface area contributed by atoms with Crippen LogP contribution in [-0.4, -0.2) is 11.6 Å². The smallest absolute Gasteiger partial charge is 0.133 e. The normalized spacial score (nSPS) is 34.2. The van der Waals surface area contributed by atoms with Crippen LogP contribution in [0.3, 0.4) is 0 Å². The van der Waals surface area contributed by atoms with Crippen LogP contribution in [0, 0.1) is 23.7 Å². The molecule has 2 fully saturated rings. The van der Waals surface area contributed by atoms with Crippen molar-refractivity contribution in [2.75, 3.05) is 0 Å². The van der Waals surface area contributed by atoms with E-state index in [1.165, 1.54) is 32.1 Å². The highest BCUT2D eigenvalue weighted by Gasteiger charge is 2.39. The van der Waals surface area contributed by atoms with E-state index in [0.717, 1.165) is 19.3 Å². The lowest BCUT2D eigenvalue weighted by molar-refractivity contribution is -0.129. The van der Waals surface area contributed by atoms with Crippen LogP contribution in [0.1, 0.15) is 65.2 Å². The molecule has 2 rings (SSSR count). The predicted octanol–water partition coefficient (Wildman–Crippen LogP) is 3.78. The lowest BCUT2D eigenvalue weighted by atomic mass is 9.64. The third kappa shape index (κ3) is 3.02. The molecule has 2 saturated carbocycles. The largest absolute Gasteiger partial charge is 0.300 e. The number of Topliss-reactive ketones (excluding diaryl/α,β-unsaturated/α-hetero) is 2. The second-order valence-corrected chi connectivity index (χ2v) is 6.40. The highest BCUT2D eigenvalue weighted by atomic mass is 16.1. The van der Waals surface area contributed by atoms with E-state index in [2.05, 4.69) is 0 Å². The molecule has 0 spiro atoms. The Morgan fingerprint density at radius 1 is 0.833 bits per heavy atom. The predicted molar refractivity (Wildman–Crippen MR) is 72.3 cm³/mol. The van der Waals surface area contributed by atoms with E-state index in [1.807, 2.05) is 0 Å². The van der Waals surface area contributed by atoms with Gasteiger partial charge < -0.3 is 0 Å². The average molecular weight is 250 g/mol. The lowest BCUT2D eigenvalue weighted by Gasteiger charge is -2.40. The van der Waals surface area contributed by atoms with Crippen molar-refractivity contribution in [3.8, 4) is 0 Å². The number of rotatable bonds is 3. The number of hydrogen-bond donors (Lipinski definition) is 0. The molecular formula is C16H26O2. The molecule has 3 atom stereocenters. The molecule has 0 aromatic heterocycles. The molecule has 0 amide bonds. The molecule has 0 N–H and O–H groups in total. The SMILES string of the molecule is CC(=O)C1CCC(C(C)=O)C(C2CCCCC2)C1. The van der Waals surface area contributed by atoms with Crippen molar-refractivity contribution in [3.63, 3.8) is 0 Å². The van der Waals surface area contributed by atoms with E-state index in [1.54, 1.807) is 13.8 Å².